The van der Waals surface area contributed by atoms with Crippen molar-refractivity contribution in [3.63, 3.8) is 0 Å². The van der Waals surface area contributed by atoms with Gasteiger partial charge < -0.3 is 16.0 Å². The Labute approximate surface area is 104 Å². The summed E-state index contributed by atoms with van der Waals surface area (Å²) in [7, 11) is 1.56. The lowest BCUT2D eigenvalue weighted by molar-refractivity contribution is -0.137. The lowest BCUT2D eigenvalue weighted by Gasteiger charge is -2.27. The van der Waals surface area contributed by atoms with Crippen LogP contribution in [0.2, 0.25) is 0 Å². The number of hydrogen-bond acceptors (Lipinski definition) is 3. The van der Waals surface area contributed by atoms with Crippen molar-refractivity contribution in [1.82, 2.24) is 10.2 Å². The highest BCUT2D eigenvalue weighted by Crippen LogP contribution is 2.08. The molecule has 0 aliphatic heterocycles. The molecule has 2 unspecified atom stereocenters. The van der Waals surface area contributed by atoms with E-state index in [-0.39, 0.29) is 24.3 Å². The fraction of sp³-hybridized carbons (Fsp3) is 0.833. The van der Waals surface area contributed by atoms with Crippen LogP contribution in [0.3, 0.4) is 0 Å². The highest BCUT2D eigenvalue weighted by atomic mass is 16.2. The Kier molecular flexibility index (Phi) is 7.54. The van der Waals surface area contributed by atoms with Crippen LogP contribution in [0.15, 0.2) is 0 Å². The standard InChI is InChI=1S/C12H25N3O2/c1-5-7-15(8-10(16)14-4)12(17)11(13)9(3)6-2/h9,11H,5-8,13H2,1-4H3,(H,14,16). The van der Waals surface area contributed by atoms with Crippen LogP contribution in [0.1, 0.15) is 33.6 Å². The van der Waals surface area contributed by atoms with Crippen molar-refractivity contribution in [2.24, 2.45) is 11.7 Å². The first kappa shape index (κ1) is 15.9. The molecule has 0 aromatic rings. The highest BCUT2D eigenvalue weighted by molar-refractivity contribution is 5.87. The van der Waals surface area contributed by atoms with Crippen LogP contribution >= 0.6 is 0 Å². The van der Waals surface area contributed by atoms with Crippen LogP contribution in [0.4, 0.5) is 0 Å². The molecule has 0 heterocycles. The van der Waals surface area contributed by atoms with Gasteiger partial charge in [0.1, 0.15) is 0 Å². The van der Waals surface area contributed by atoms with Crippen LogP contribution < -0.4 is 11.1 Å². The molecule has 0 aromatic heterocycles. The molecule has 0 aliphatic rings. The first-order valence-corrected chi connectivity index (χ1v) is 6.22. The van der Waals surface area contributed by atoms with Gasteiger partial charge in [-0.25, -0.2) is 0 Å². The van der Waals surface area contributed by atoms with Crippen molar-refractivity contribution in [2.75, 3.05) is 20.1 Å². The molecule has 3 N–H and O–H groups in total. The van der Waals surface area contributed by atoms with Gasteiger partial charge in [-0.2, -0.15) is 0 Å². The normalized spacial score (nSPS) is 13.9. The maximum atomic E-state index is 12.1. The van der Waals surface area contributed by atoms with Gasteiger partial charge in [-0.3, -0.25) is 9.59 Å². The van der Waals surface area contributed by atoms with E-state index in [9.17, 15) is 9.59 Å². The van der Waals surface area contributed by atoms with Crippen molar-refractivity contribution in [1.29, 1.82) is 0 Å². The maximum Gasteiger partial charge on any atom is 0.240 e. The summed E-state index contributed by atoms with van der Waals surface area (Å²) in [6.07, 6.45) is 1.67. The Balaban J connectivity index is 4.57. The van der Waals surface area contributed by atoms with Crippen molar-refractivity contribution in [3.05, 3.63) is 0 Å². The fourth-order valence-corrected chi connectivity index (χ4v) is 1.50. The van der Waals surface area contributed by atoms with Crippen molar-refractivity contribution < 1.29 is 9.59 Å². The van der Waals surface area contributed by atoms with E-state index in [4.69, 9.17) is 5.73 Å². The van der Waals surface area contributed by atoms with Gasteiger partial charge in [0, 0.05) is 13.6 Å². The summed E-state index contributed by atoms with van der Waals surface area (Å²) in [5.74, 6) is -0.167. The van der Waals surface area contributed by atoms with E-state index in [1.165, 1.54) is 4.90 Å². The third-order valence-electron chi connectivity index (χ3n) is 2.96. The molecule has 100 valence electrons. The summed E-state index contributed by atoms with van der Waals surface area (Å²) in [6.45, 7) is 6.58. The number of nitrogens with two attached hydrogens (primary N) is 1. The Bertz CT molecular complexity index is 256. The molecule has 2 atom stereocenters. The molecular weight excluding hydrogens is 218 g/mol. The number of amides is 2. The van der Waals surface area contributed by atoms with Crippen LogP contribution in [-0.2, 0) is 9.59 Å². The third kappa shape index (κ3) is 5.17. The monoisotopic (exact) mass is 243 g/mol. The minimum absolute atomic E-state index is 0.0906. The Morgan fingerprint density at radius 3 is 2.35 bits per heavy atom. The van der Waals surface area contributed by atoms with Gasteiger partial charge in [0.25, 0.3) is 0 Å². The topological polar surface area (TPSA) is 75.4 Å². The van der Waals surface area contributed by atoms with Gasteiger partial charge in [0.2, 0.25) is 11.8 Å². The fourth-order valence-electron chi connectivity index (χ4n) is 1.50. The van der Waals surface area contributed by atoms with Gasteiger partial charge >= 0.3 is 0 Å². The van der Waals surface area contributed by atoms with Crippen LogP contribution in [-0.4, -0.2) is 42.9 Å². The molecule has 0 fully saturated rings. The SMILES string of the molecule is CCCN(CC(=O)NC)C(=O)C(N)C(C)CC. The molecule has 0 spiro atoms. The quantitative estimate of drug-likeness (QED) is 0.677. The summed E-state index contributed by atoms with van der Waals surface area (Å²) in [4.78, 5) is 25.0. The second-order valence-electron chi connectivity index (χ2n) is 4.34. The lowest BCUT2D eigenvalue weighted by atomic mass is 9.99. The summed E-state index contributed by atoms with van der Waals surface area (Å²) in [6, 6.07) is -0.517. The highest BCUT2D eigenvalue weighted by Gasteiger charge is 2.25. The van der Waals surface area contributed by atoms with E-state index >= 15 is 0 Å². The van der Waals surface area contributed by atoms with E-state index < -0.39 is 6.04 Å². The average molecular weight is 243 g/mol. The van der Waals surface area contributed by atoms with Crippen molar-refractivity contribution in [3.8, 4) is 0 Å². The summed E-state index contributed by atoms with van der Waals surface area (Å²) in [5.41, 5.74) is 5.90. The van der Waals surface area contributed by atoms with Crippen LogP contribution in [0, 0.1) is 5.92 Å². The molecule has 2 amide bonds. The zero-order chi connectivity index (χ0) is 13.4. The summed E-state index contributed by atoms with van der Waals surface area (Å²) >= 11 is 0. The van der Waals surface area contributed by atoms with Gasteiger partial charge in [-0.05, 0) is 12.3 Å². The summed E-state index contributed by atoms with van der Waals surface area (Å²) < 4.78 is 0. The van der Waals surface area contributed by atoms with Crippen molar-refractivity contribution in [2.45, 2.75) is 39.7 Å². The van der Waals surface area contributed by atoms with E-state index in [1.807, 2.05) is 20.8 Å². The minimum atomic E-state index is -0.517. The van der Waals surface area contributed by atoms with Crippen LogP contribution in [0.5, 0.6) is 0 Å². The molecule has 5 heteroatoms. The molecule has 5 nitrogen and oxygen atoms in total. The number of hydrogen-bond donors (Lipinski definition) is 2. The number of nitrogens with zero attached hydrogens (tertiary/aromatic N) is 1. The minimum Gasteiger partial charge on any atom is -0.358 e. The number of nitrogens with one attached hydrogen (secondary N) is 1. The van der Waals surface area contributed by atoms with E-state index in [0.717, 1.165) is 12.8 Å². The number of carbonyl (C=O) groups is 2. The van der Waals surface area contributed by atoms with Gasteiger partial charge in [-0.15, -0.1) is 0 Å². The van der Waals surface area contributed by atoms with Gasteiger partial charge in [0.15, 0.2) is 0 Å². The average Bonchev–Trinajstić information content (AvgIpc) is 2.35. The molecule has 0 rings (SSSR count). The predicted octanol–water partition coefficient (Wildman–Crippen LogP) is 0.344. The van der Waals surface area contributed by atoms with Crippen molar-refractivity contribution >= 4 is 11.8 Å². The number of likely N-dealkylation sites (N-methyl/N-ethyl adjacent to an activating group) is 1. The number of rotatable bonds is 7. The maximum absolute atomic E-state index is 12.1. The predicted molar refractivity (Wildman–Crippen MR) is 68.4 cm³/mol. The molecule has 0 aliphatic carbocycles. The smallest absolute Gasteiger partial charge is 0.240 e. The van der Waals surface area contributed by atoms with Gasteiger partial charge in [0.05, 0.1) is 12.6 Å². The molecule has 0 bridgehead atoms. The molecule has 0 radical (unpaired) electrons. The molecular formula is C12H25N3O2. The Morgan fingerprint density at radius 2 is 1.94 bits per heavy atom. The third-order valence-corrected chi connectivity index (χ3v) is 2.96. The van der Waals surface area contributed by atoms with E-state index in [0.29, 0.717) is 6.54 Å². The second kappa shape index (κ2) is 8.06. The Morgan fingerprint density at radius 1 is 1.35 bits per heavy atom. The van der Waals surface area contributed by atoms with Gasteiger partial charge in [-0.1, -0.05) is 27.2 Å². The van der Waals surface area contributed by atoms with E-state index in [1.54, 1.807) is 7.05 Å². The Hall–Kier alpha value is -1.10. The molecule has 0 aromatic carbocycles. The van der Waals surface area contributed by atoms with Crippen LogP contribution in [0.25, 0.3) is 0 Å². The van der Waals surface area contributed by atoms with E-state index in [2.05, 4.69) is 5.32 Å². The molecule has 0 saturated heterocycles. The first-order valence-electron chi connectivity index (χ1n) is 6.22. The lowest BCUT2D eigenvalue weighted by Crippen LogP contribution is -2.50. The zero-order valence-corrected chi connectivity index (χ0v) is 11.3. The number of carbonyl (C=O) groups excluding carboxylic acids is 2. The molecule has 17 heavy (non-hydrogen) atoms. The zero-order valence-electron chi connectivity index (χ0n) is 11.3. The largest absolute Gasteiger partial charge is 0.358 e. The summed E-state index contributed by atoms with van der Waals surface area (Å²) in [5, 5.41) is 2.52. The molecule has 0 saturated carbocycles. The first-order chi connectivity index (χ1) is 7.97. The second-order valence-corrected chi connectivity index (χ2v) is 4.34.